The van der Waals surface area contributed by atoms with E-state index in [2.05, 4.69) is 15.4 Å². The molecule has 2 unspecified atom stereocenters. The van der Waals surface area contributed by atoms with Crippen LogP contribution < -0.4 is 10.6 Å². The monoisotopic (exact) mass is 262 g/mol. The van der Waals surface area contributed by atoms with Gasteiger partial charge in [0.05, 0.1) is 12.5 Å². The zero-order valence-corrected chi connectivity index (χ0v) is 10.8. The van der Waals surface area contributed by atoms with Gasteiger partial charge in [-0.15, -0.1) is 0 Å². The average Bonchev–Trinajstić information content (AvgIpc) is 2.39. The Bertz CT molecular complexity index is 260. The van der Waals surface area contributed by atoms with Gasteiger partial charge in [-0.3, -0.25) is 4.79 Å². The van der Waals surface area contributed by atoms with Crippen molar-refractivity contribution in [2.45, 2.75) is 25.9 Å². The smallest absolute Gasteiger partial charge is 0.407 e. The fourth-order valence-corrected chi connectivity index (χ4v) is 1.36. The molecule has 0 aromatic carbocycles. The first-order valence-corrected chi connectivity index (χ1v) is 5.96. The molecule has 7 nitrogen and oxygen atoms in total. The Hall–Kier alpha value is -1.34. The Kier molecular flexibility index (Phi) is 8.95. The highest BCUT2D eigenvalue weighted by Gasteiger charge is 2.17. The molecule has 18 heavy (non-hydrogen) atoms. The second-order valence-corrected chi connectivity index (χ2v) is 3.92. The predicted octanol–water partition coefficient (Wildman–Crippen LogP) is -0.772. The summed E-state index contributed by atoms with van der Waals surface area (Å²) in [4.78, 5) is 22.7. The van der Waals surface area contributed by atoms with Crippen LogP contribution in [0.25, 0.3) is 0 Å². The third kappa shape index (κ3) is 7.08. The molecule has 0 aliphatic rings. The molecule has 0 spiro atoms. The molecule has 7 heteroatoms. The number of hydrogen-bond donors (Lipinski definition) is 4. The van der Waals surface area contributed by atoms with E-state index >= 15 is 0 Å². The third-order valence-electron chi connectivity index (χ3n) is 2.36. The first kappa shape index (κ1) is 16.7. The van der Waals surface area contributed by atoms with Gasteiger partial charge in [0.1, 0.15) is 12.7 Å². The lowest BCUT2D eigenvalue weighted by Gasteiger charge is -2.15. The number of nitrogens with one attached hydrogen (secondary N) is 2. The molecule has 0 aliphatic heterocycles. The highest BCUT2D eigenvalue weighted by atomic mass is 16.6. The molecule has 0 aromatic rings. The lowest BCUT2D eigenvalue weighted by atomic mass is 10.0. The van der Waals surface area contributed by atoms with Crippen LogP contribution in [0.4, 0.5) is 4.79 Å². The summed E-state index contributed by atoms with van der Waals surface area (Å²) >= 11 is 0. The lowest BCUT2D eigenvalue weighted by molar-refractivity contribution is -0.124. The summed E-state index contributed by atoms with van der Waals surface area (Å²) < 4.78 is 4.64. The van der Waals surface area contributed by atoms with Crippen molar-refractivity contribution in [1.29, 1.82) is 0 Å². The highest BCUT2D eigenvalue weighted by molar-refractivity contribution is 5.79. The van der Waals surface area contributed by atoms with Crippen molar-refractivity contribution in [3.63, 3.8) is 0 Å². The molecule has 2 atom stereocenters. The minimum atomic E-state index is -1.08. The van der Waals surface area contributed by atoms with Crippen molar-refractivity contribution >= 4 is 12.0 Å². The standard InChI is InChI=1S/C11H22N2O5/c1-3-4-8(10(16)12-2)5-13-11(17)18-7-9(15)6-14/h8-9,14-15H,3-7H2,1-2H3,(H,12,16)(H,13,17). The largest absolute Gasteiger partial charge is 0.447 e. The maximum atomic E-state index is 11.5. The van der Waals surface area contributed by atoms with Crippen LogP contribution in [-0.4, -0.2) is 55.1 Å². The van der Waals surface area contributed by atoms with Gasteiger partial charge in [-0.05, 0) is 6.42 Å². The molecule has 0 aliphatic carbocycles. The van der Waals surface area contributed by atoms with Crippen molar-refractivity contribution in [3.8, 4) is 0 Å². The van der Waals surface area contributed by atoms with Crippen LogP contribution in [0.5, 0.6) is 0 Å². The van der Waals surface area contributed by atoms with Gasteiger partial charge >= 0.3 is 6.09 Å². The molecular formula is C11H22N2O5. The van der Waals surface area contributed by atoms with Crippen LogP contribution in [0.15, 0.2) is 0 Å². The van der Waals surface area contributed by atoms with E-state index < -0.39 is 18.8 Å². The van der Waals surface area contributed by atoms with Crippen molar-refractivity contribution in [3.05, 3.63) is 0 Å². The van der Waals surface area contributed by atoms with Crippen LogP contribution in [-0.2, 0) is 9.53 Å². The van der Waals surface area contributed by atoms with E-state index in [-0.39, 0.29) is 25.0 Å². The number of carbonyl (C=O) groups is 2. The van der Waals surface area contributed by atoms with Crippen molar-refractivity contribution in [2.75, 3.05) is 26.8 Å². The quantitative estimate of drug-likeness (QED) is 0.459. The third-order valence-corrected chi connectivity index (χ3v) is 2.36. The van der Waals surface area contributed by atoms with Crippen LogP contribution in [0, 0.1) is 5.92 Å². The molecule has 0 radical (unpaired) electrons. The van der Waals surface area contributed by atoms with Crippen molar-refractivity contribution in [1.82, 2.24) is 10.6 Å². The van der Waals surface area contributed by atoms with E-state index in [1.54, 1.807) is 7.05 Å². The van der Waals surface area contributed by atoms with E-state index in [1.165, 1.54) is 0 Å². The van der Waals surface area contributed by atoms with E-state index in [0.29, 0.717) is 6.42 Å². The van der Waals surface area contributed by atoms with Crippen LogP contribution >= 0.6 is 0 Å². The minimum Gasteiger partial charge on any atom is -0.447 e. The number of ether oxygens (including phenoxy) is 1. The number of amides is 2. The van der Waals surface area contributed by atoms with Crippen LogP contribution in [0.2, 0.25) is 0 Å². The van der Waals surface area contributed by atoms with Gasteiger partial charge < -0.3 is 25.6 Å². The lowest BCUT2D eigenvalue weighted by Crippen LogP contribution is -2.38. The number of rotatable bonds is 8. The molecule has 4 N–H and O–H groups in total. The van der Waals surface area contributed by atoms with Gasteiger partial charge in [-0.25, -0.2) is 4.79 Å². The van der Waals surface area contributed by atoms with E-state index in [4.69, 9.17) is 10.2 Å². The van der Waals surface area contributed by atoms with Gasteiger partial charge in [-0.2, -0.15) is 0 Å². The van der Waals surface area contributed by atoms with E-state index in [9.17, 15) is 9.59 Å². The number of hydrogen-bond acceptors (Lipinski definition) is 5. The SMILES string of the molecule is CCCC(CNC(=O)OCC(O)CO)C(=O)NC. The number of aliphatic hydroxyl groups excluding tert-OH is 2. The number of carbonyl (C=O) groups excluding carboxylic acids is 2. The summed E-state index contributed by atoms with van der Waals surface area (Å²) in [7, 11) is 1.54. The first-order valence-electron chi connectivity index (χ1n) is 5.96. The van der Waals surface area contributed by atoms with Crippen LogP contribution in [0.1, 0.15) is 19.8 Å². The molecule has 0 rings (SSSR count). The van der Waals surface area contributed by atoms with Gasteiger partial charge in [0.15, 0.2) is 0 Å². The minimum absolute atomic E-state index is 0.132. The second kappa shape index (κ2) is 9.67. The van der Waals surface area contributed by atoms with E-state index in [1.807, 2.05) is 6.92 Å². The van der Waals surface area contributed by atoms with Crippen molar-refractivity contribution < 1.29 is 24.5 Å². The zero-order valence-electron chi connectivity index (χ0n) is 10.8. The Morgan fingerprint density at radius 1 is 1.39 bits per heavy atom. The highest BCUT2D eigenvalue weighted by Crippen LogP contribution is 2.05. The Morgan fingerprint density at radius 3 is 2.56 bits per heavy atom. The first-order chi connectivity index (χ1) is 8.54. The van der Waals surface area contributed by atoms with Crippen LogP contribution in [0.3, 0.4) is 0 Å². The summed E-state index contributed by atoms with van der Waals surface area (Å²) in [6.45, 7) is 1.39. The molecule has 0 aromatic heterocycles. The fraction of sp³-hybridized carbons (Fsp3) is 0.818. The van der Waals surface area contributed by atoms with Gasteiger partial charge in [0.2, 0.25) is 5.91 Å². The molecular weight excluding hydrogens is 240 g/mol. The second-order valence-electron chi connectivity index (χ2n) is 3.92. The summed E-state index contributed by atoms with van der Waals surface area (Å²) in [5.74, 6) is -0.428. The molecule has 0 heterocycles. The maximum absolute atomic E-state index is 11.5. The summed E-state index contributed by atoms with van der Waals surface area (Å²) in [6, 6.07) is 0. The molecule has 0 fully saturated rings. The predicted molar refractivity (Wildman–Crippen MR) is 64.9 cm³/mol. The molecule has 0 bridgehead atoms. The Morgan fingerprint density at radius 2 is 2.06 bits per heavy atom. The molecule has 0 saturated heterocycles. The number of alkyl carbamates (subject to hydrolysis) is 1. The maximum Gasteiger partial charge on any atom is 0.407 e. The molecule has 2 amide bonds. The van der Waals surface area contributed by atoms with Crippen molar-refractivity contribution in [2.24, 2.45) is 5.92 Å². The average molecular weight is 262 g/mol. The summed E-state index contributed by atoms with van der Waals surface area (Å²) in [6.07, 6.45) is -0.300. The Balaban J connectivity index is 3.95. The van der Waals surface area contributed by atoms with Gasteiger partial charge in [0.25, 0.3) is 0 Å². The normalized spacial score (nSPS) is 13.6. The van der Waals surface area contributed by atoms with Gasteiger partial charge in [-0.1, -0.05) is 13.3 Å². The van der Waals surface area contributed by atoms with Gasteiger partial charge in [0, 0.05) is 13.6 Å². The summed E-state index contributed by atoms with van der Waals surface area (Å²) in [5.41, 5.74) is 0. The molecule has 106 valence electrons. The van der Waals surface area contributed by atoms with E-state index in [0.717, 1.165) is 6.42 Å². The molecule has 0 saturated carbocycles. The Labute approximate surface area is 107 Å². The fourth-order valence-electron chi connectivity index (χ4n) is 1.36. The summed E-state index contributed by atoms with van der Waals surface area (Å²) in [5, 5.41) is 22.5. The number of aliphatic hydroxyl groups is 2. The zero-order chi connectivity index (χ0) is 14.0. The topological polar surface area (TPSA) is 108 Å².